The van der Waals surface area contributed by atoms with Crippen LogP contribution < -0.4 is 5.73 Å². The van der Waals surface area contributed by atoms with Gasteiger partial charge in [0.05, 0.1) is 0 Å². The quantitative estimate of drug-likeness (QED) is 0.817. The molecule has 1 unspecified atom stereocenters. The third kappa shape index (κ3) is 3.55. The van der Waals surface area contributed by atoms with Crippen LogP contribution in [0.25, 0.3) is 0 Å². The third-order valence-electron chi connectivity index (χ3n) is 3.70. The van der Waals surface area contributed by atoms with Gasteiger partial charge in [0.15, 0.2) is 0 Å². The molecule has 2 rings (SSSR count). The Balaban J connectivity index is 1.83. The fourth-order valence-electron chi connectivity index (χ4n) is 2.32. The van der Waals surface area contributed by atoms with Crippen LogP contribution in [0.4, 0.5) is 0 Å². The first-order chi connectivity index (χ1) is 8.20. The van der Waals surface area contributed by atoms with Crippen LogP contribution in [-0.2, 0) is 0 Å². The van der Waals surface area contributed by atoms with Gasteiger partial charge in [-0.05, 0) is 38.3 Å². The monoisotopic (exact) mass is 232 g/mol. The van der Waals surface area contributed by atoms with Crippen LogP contribution in [0.5, 0.6) is 0 Å². The zero-order valence-corrected chi connectivity index (χ0v) is 11.0. The van der Waals surface area contributed by atoms with Gasteiger partial charge in [-0.3, -0.25) is 0 Å². The highest BCUT2D eigenvalue weighted by molar-refractivity contribution is 5.23. The molecule has 0 bridgehead atoms. The lowest BCUT2D eigenvalue weighted by molar-refractivity contribution is 0.266. The third-order valence-corrected chi connectivity index (χ3v) is 3.70. The van der Waals surface area contributed by atoms with E-state index in [-0.39, 0.29) is 6.04 Å². The SMILES string of the molecule is CCN(CCC(N)c1ccc(C)cc1)C1CC1. The Bertz CT molecular complexity index is 340. The smallest absolute Gasteiger partial charge is 0.0307 e. The molecule has 2 N–H and O–H groups in total. The number of hydrogen-bond acceptors (Lipinski definition) is 2. The summed E-state index contributed by atoms with van der Waals surface area (Å²) in [5.41, 5.74) is 8.81. The van der Waals surface area contributed by atoms with E-state index in [4.69, 9.17) is 5.73 Å². The topological polar surface area (TPSA) is 29.3 Å². The summed E-state index contributed by atoms with van der Waals surface area (Å²) in [4.78, 5) is 2.56. The van der Waals surface area contributed by atoms with E-state index >= 15 is 0 Å². The predicted molar refractivity (Wildman–Crippen MR) is 73.0 cm³/mol. The molecule has 1 saturated carbocycles. The van der Waals surface area contributed by atoms with Gasteiger partial charge in [0.2, 0.25) is 0 Å². The molecule has 2 nitrogen and oxygen atoms in total. The van der Waals surface area contributed by atoms with E-state index < -0.39 is 0 Å². The second-order valence-corrected chi connectivity index (χ2v) is 5.17. The van der Waals surface area contributed by atoms with Crippen molar-refractivity contribution >= 4 is 0 Å². The van der Waals surface area contributed by atoms with Crippen LogP contribution in [0, 0.1) is 6.92 Å². The number of aryl methyl sites for hydroxylation is 1. The van der Waals surface area contributed by atoms with Crippen molar-refractivity contribution in [1.29, 1.82) is 0 Å². The molecule has 1 aliphatic rings. The van der Waals surface area contributed by atoms with Crippen LogP contribution >= 0.6 is 0 Å². The summed E-state index contributed by atoms with van der Waals surface area (Å²) in [5, 5.41) is 0. The minimum Gasteiger partial charge on any atom is -0.324 e. The fraction of sp³-hybridized carbons (Fsp3) is 0.600. The number of benzene rings is 1. The van der Waals surface area contributed by atoms with Crippen LogP contribution in [0.15, 0.2) is 24.3 Å². The molecule has 1 atom stereocenters. The molecule has 1 aromatic carbocycles. The lowest BCUT2D eigenvalue weighted by Gasteiger charge is -2.22. The van der Waals surface area contributed by atoms with Crippen LogP contribution in [0.1, 0.15) is 43.4 Å². The molecular formula is C15H24N2. The lowest BCUT2D eigenvalue weighted by atomic mass is 10.0. The zero-order valence-electron chi connectivity index (χ0n) is 11.0. The van der Waals surface area contributed by atoms with Crippen molar-refractivity contribution < 1.29 is 0 Å². The average molecular weight is 232 g/mol. The van der Waals surface area contributed by atoms with Crippen molar-refractivity contribution in [2.45, 2.75) is 45.2 Å². The van der Waals surface area contributed by atoms with Gasteiger partial charge in [0, 0.05) is 18.6 Å². The summed E-state index contributed by atoms with van der Waals surface area (Å²) >= 11 is 0. The number of rotatable bonds is 6. The Morgan fingerprint density at radius 3 is 2.47 bits per heavy atom. The Kier molecular flexibility index (Phi) is 4.19. The van der Waals surface area contributed by atoms with E-state index in [1.165, 1.54) is 24.0 Å². The molecule has 1 aliphatic carbocycles. The van der Waals surface area contributed by atoms with Crippen molar-refractivity contribution in [2.24, 2.45) is 5.73 Å². The molecule has 1 aromatic rings. The summed E-state index contributed by atoms with van der Waals surface area (Å²) in [6.45, 7) is 6.65. The Morgan fingerprint density at radius 1 is 1.29 bits per heavy atom. The maximum atomic E-state index is 6.24. The van der Waals surface area contributed by atoms with Crippen LogP contribution in [0.3, 0.4) is 0 Å². The highest BCUT2D eigenvalue weighted by Gasteiger charge is 2.27. The normalized spacial score (nSPS) is 17.4. The molecule has 0 aliphatic heterocycles. The van der Waals surface area contributed by atoms with E-state index in [9.17, 15) is 0 Å². The summed E-state index contributed by atoms with van der Waals surface area (Å²) in [5.74, 6) is 0. The maximum Gasteiger partial charge on any atom is 0.0307 e. The summed E-state index contributed by atoms with van der Waals surface area (Å²) in [6, 6.07) is 9.65. The first kappa shape index (κ1) is 12.6. The number of hydrogen-bond donors (Lipinski definition) is 1. The van der Waals surface area contributed by atoms with E-state index in [0.29, 0.717) is 0 Å². The Hall–Kier alpha value is -0.860. The molecular weight excluding hydrogens is 208 g/mol. The van der Waals surface area contributed by atoms with Gasteiger partial charge >= 0.3 is 0 Å². The molecule has 0 heterocycles. The lowest BCUT2D eigenvalue weighted by Crippen LogP contribution is -2.29. The molecule has 0 spiro atoms. The molecule has 2 heteroatoms. The van der Waals surface area contributed by atoms with Crippen molar-refractivity contribution in [3.05, 3.63) is 35.4 Å². The van der Waals surface area contributed by atoms with E-state index in [2.05, 4.69) is 43.0 Å². The van der Waals surface area contributed by atoms with Crippen molar-refractivity contribution in [3.8, 4) is 0 Å². The standard InChI is InChI=1S/C15H24N2/c1-3-17(14-8-9-14)11-10-15(16)13-6-4-12(2)5-7-13/h4-7,14-15H,3,8-11,16H2,1-2H3. The van der Waals surface area contributed by atoms with Crippen molar-refractivity contribution in [1.82, 2.24) is 4.90 Å². The Morgan fingerprint density at radius 2 is 1.94 bits per heavy atom. The highest BCUT2D eigenvalue weighted by atomic mass is 15.2. The van der Waals surface area contributed by atoms with E-state index in [0.717, 1.165) is 25.6 Å². The largest absolute Gasteiger partial charge is 0.324 e. The first-order valence-corrected chi connectivity index (χ1v) is 6.77. The summed E-state index contributed by atoms with van der Waals surface area (Å²) < 4.78 is 0. The van der Waals surface area contributed by atoms with Crippen LogP contribution in [0.2, 0.25) is 0 Å². The van der Waals surface area contributed by atoms with E-state index in [1.54, 1.807) is 0 Å². The van der Waals surface area contributed by atoms with Gasteiger partial charge in [-0.25, -0.2) is 0 Å². The van der Waals surface area contributed by atoms with Crippen LogP contribution in [-0.4, -0.2) is 24.0 Å². The van der Waals surface area contributed by atoms with Gasteiger partial charge in [0.1, 0.15) is 0 Å². The first-order valence-electron chi connectivity index (χ1n) is 6.77. The highest BCUT2D eigenvalue weighted by Crippen LogP contribution is 2.27. The van der Waals surface area contributed by atoms with Gasteiger partial charge in [0.25, 0.3) is 0 Å². The second kappa shape index (κ2) is 5.65. The van der Waals surface area contributed by atoms with Crippen molar-refractivity contribution in [3.63, 3.8) is 0 Å². The minimum atomic E-state index is 0.184. The number of nitrogens with zero attached hydrogens (tertiary/aromatic N) is 1. The Labute approximate surface area is 105 Å². The maximum absolute atomic E-state index is 6.24. The van der Waals surface area contributed by atoms with Crippen molar-refractivity contribution in [2.75, 3.05) is 13.1 Å². The fourth-order valence-corrected chi connectivity index (χ4v) is 2.32. The second-order valence-electron chi connectivity index (χ2n) is 5.17. The predicted octanol–water partition coefficient (Wildman–Crippen LogP) is 2.87. The molecule has 0 saturated heterocycles. The molecule has 1 fully saturated rings. The average Bonchev–Trinajstić information content (AvgIpc) is 3.15. The van der Waals surface area contributed by atoms with Gasteiger partial charge < -0.3 is 10.6 Å². The van der Waals surface area contributed by atoms with E-state index in [1.807, 2.05) is 0 Å². The minimum absolute atomic E-state index is 0.184. The molecule has 17 heavy (non-hydrogen) atoms. The number of nitrogens with two attached hydrogens (primary N) is 1. The molecule has 0 aromatic heterocycles. The summed E-state index contributed by atoms with van der Waals surface area (Å²) in [6.07, 6.45) is 3.83. The zero-order chi connectivity index (χ0) is 12.3. The molecule has 0 radical (unpaired) electrons. The molecule has 94 valence electrons. The van der Waals surface area contributed by atoms with Gasteiger partial charge in [-0.1, -0.05) is 36.8 Å². The van der Waals surface area contributed by atoms with Gasteiger partial charge in [-0.15, -0.1) is 0 Å². The van der Waals surface area contributed by atoms with Gasteiger partial charge in [-0.2, -0.15) is 0 Å². The summed E-state index contributed by atoms with van der Waals surface area (Å²) in [7, 11) is 0. The molecule has 0 amide bonds.